The fourth-order valence-corrected chi connectivity index (χ4v) is 2.11. The predicted molar refractivity (Wildman–Crippen MR) is 97.4 cm³/mol. The van der Waals surface area contributed by atoms with Crippen LogP contribution in [0.2, 0.25) is 0 Å². The van der Waals surface area contributed by atoms with Gasteiger partial charge in [0, 0.05) is 17.7 Å². The molecule has 0 aliphatic heterocycles. The van der Waals surface area contributed by atoms with Gasteiger partial charge in [0.15, 0.2) is 0 Å². The van der Waals surface area contributed by atoms with Gasteiger partial charge in [-0.15, -0.1) is 0 Å². The van der Waals surface area contributed by atoms with Crippen molar-refractivity contribution in [1.82, 2.24) is 10.6 Å². The summed E-state index contributed by atoms with van der Waals surface area (Å²) in [6, 6.07) is 9.20. The second-order valence-electron chi connectivity index (χ2n) is 7.03. The zero-order chi connectivity index (χ0) is 18.2. The van der Waals surface area contributed by atoms with Crippen molar-refractivity contribution in [3.63, 3.8) is 0 Å². The lowest BCUT2D eigenvalue weighted by atomic mass is 10.0. The topological polar surface area (TPSA) is 84.2 Å². The smallest absolute Gasteiger partial charge is 0.244 e. The van der Waals surface area contributed by atoms with Gasteiger partial charge in [-0.3, -0.25) is 9.59 Å². The summed E-state index contributed by atoms with van der Waals surface area (Å²) in [6.45, 7) is 7.40. The first-order valence-corrected chi connectivity index (χ1v) is 8.27. The average molecular weight is 331 g/mol. The summed E-state index contributed by atoms with van der Waals surface area (Å²) in [5.74, 6) is -0.406. The molecule has 2 atom stereocenters. The molecule has 0 aliphatic rings. The summed E-state index contributed by atoms with van der Waals surface area (Å²) in [4.78, 5) is 23.8. The molecule has 1 aromatic rings. The van der Waals surface area contributed by atoms with E-state index in [1.807, 2.05) is 51.1 Å². The SMILES string of the molecule is C[C@H](N)C(=O)N[C@H](/C=C/C(=O)NC(C)(C)C)CCc1ccccc1. The Morgan fingerprint density at radius 2 is 1.83 bits per heavy atom. The first-order valence-electron chi connectivity index (χ1n) is 8.27. The van der Waals surface area contributed by atoms with Gasteiger partial charge in [-0.2, -0.15) is 0 Å². The molecule has 0 fully saturated rings. The monoisotopic (exact) mass is 331 g/mol. The number of hydrogen-bond acceptors (Lipinski definition) is 3. The number of nitrogens with two attached hydrogens (primary N) is 1. The fourth-order valence-electron chi connectivity index (χ4n) is 2.11. The lowest BCUT2D eigenvalue weighted by Crippen LogP contribution is -2.44. The third-order valence-corrected chi connectivity index (χ3v) is 3.31. The van der Waals surface area contributed by atoms with Crippen LogP contribution in [0.4, 0.5) is 0 Å². The van der Waals surface area contributed by atoms with Crippen molar-refractivity contribution >= 4 is 11.8 Å². The minimum Gasteiger partial charge on any atom is -0.349 e. The molecule has 0 saturated carbocycles. The number of hydrogen-bond donors (Lipinski definition) is 3. The van der Waals surface area contributed by atoms with Crippen LogP contribution in [0, 0.1) is 0 Å². The summed E-state index contributed by atoms with van der Waals surface area (Å²) < 4.78 is 0. The van der Waals surface area contributed by atoms with Gasteiger partial charge in [0.2, 0.25) is 11.8 Å². The number of benzene rings is 1. The molecule has 0 radical (unpaired) electrons. The molecule has 0 aromatic heterocycles. The van der Waals surface area contributed by atoms with E-state index in [0.717, 1.165) is 6.42 Å². The van der Waals surface area contributed by atoms with Crippen LogP contribution in [0.5, 0.6) is 0 Å². The van der Waals surface area contributed by atoms with Crippen molar-refractivity contribution < 1.29 is 9.59 Å². The van der Waals surface area contributed by atoms with Gasteiger partial charge >= 0.3 is 0 Å². The molecule has 0 unspecified atom stereocenters. The molecular formula is C19H29N3O2. The van der Waals surface area contributed by atoms with E-state index < -0.39 is 6.04 Å². The maximum atomic E-state index is 11.9. The molecule has 0 saturated heterocycles. The summed E-state index contributed by atoms with van der Waals surface area (Å²) in [7, 11) is 0. The molecule has 1 aromatic carbocycles. The molecule has 5 nitrogen and oxygen atoms in total. The second-order valence-corrected chi connectivity index (χ2v) is 7.03. The molecule has 5 heteroatoms. The van der Waals surface area contributed by atoms with Crippen LogP contribution < -0.4 is 16.4 Å². The number of aryl methyl sites for hydroxylation is 1. The van der Waals surface area contributed by atoms with E-state index in [1.54, 1.807) is 13.0 Å². The number of carbonyl (C=O) groups excluding carboxylic acids is 2. The Hall–Kier alpha value is -2.14. The average Bonchev–Trinajstić information content (AvgIpc) is 2.49. The lowest BCUT2D eigenvalue weighted by Gasteiger charge is -2.20. The van der Waals surface area contributed by atoms with Gasteiger partial charge in [-0.25, -0.2) is 0 Å². The maximum Gasteiger partial charge on any atom is 0.244 e. The van der Waals surface area contributed by atoms with E-state index in [2.05, 4.69) is 10.6 Å². The molecule has 132 valence electrons. The molecular weight excluding hydrogens is 302 g/mol. The number of amides is 2. The van der Waals surface area contributed by atoms with E-state index in [0.29, 0.717) is 6.42 Å². The maximum absolute atomic E-state index is 11.9. The Morgan fingerprint density at radius 3 is 2.38 bits per heavy atom. The largest absolute Gasteiger partial charge is 0.349 e. The van der Waals surface area contributed by atoms with E-state index >= 15 is 0 Å². The van der Waals surface area contributed by atoms with Crippen molar-refractivity contribution in [3.8, 4) is 0 Å². The van der Waals surface area contributed by atoms with E-state index in [1.165, 1.54) is 11.6 Å². The second kappa shape index (κ2) is 9.23. The molecule has 0 aliphatic carbocycles. The predicted octanol–water partition coefficient (Wildman–Crippen LogP) is 1.92. The third-order valence-electron chi connectivity index (χ3n) is 3.31. The highest BCUT2D eigenvalue weighted by molar-refractivity contribution is 5.88. The number of nitrogens with one attached hydrogen (secondary N) is 2. The van der Waals surface area contributed by atoms with Crippen LogP contribution in [0.1, 0.15) is 39.7 Å². The van der Waals surface area contributed by atoms with Crippen LogP contribution in [-0.2, 0) is 16.0 Å². The summed E-state index contributed by atoms with van der Waals surface area (Å²) in [6.07, 6.45) is 4.70. The Labute approximate surface area is 144 Å². The molecule has 2 amide bonds. The van der Waals surface area contributed by atoms with Crippen molar-refractivity contribution in [2.45, 2.75) is 58.2 Å². The van der Waals surface area contributed by atoms with Gasteiger partial charge in [0.1, 0.15) is 0 Å². The van der Waals surface area contributed by atoms with Crippen LogP contribution in [-0.4, -0.2) is 29.4 Å². The van der Waals surface area contributed by atoms with Crippen molar-refractivity contribution in [3.05, 3.63) is 48.0 Å². The van der Waals surface area contributed by atoms with Gasteiger partial charge in [0.05, 0.1) is 6.04 Å². The van der Waals surface area contributed by atoms with Gasteiger partial charge in [-0.05, 0) is 46.1 Å². The lowest BCUT2D eigenvalue weighted by molar-refractivity contribution is -0.122. The van der Waals surface area contributed by atoms with E-state index in [9.17, 15) is 9.59 Å². The van der Waals surface area contributed by atoms with Gasteiger partial charge in [-0.1, -0.05) is 36.4 Å². The molecule has 0 heterocycles. The molecule has 1 rings (SSSR count). The summed E-state index contributed by atoms with van der Waals surface area (Å²) in [5, 5.41) is 5.74. The van der Waals surface area contributed by atoms with Crippen molar-refractivity contribution in [2.24, 2.45) is 5.73 Å². The minimum absolute atomic E-state index is 0.178. The first-order chi connectivity index (χ1) is 11.2. The van der Waals surface area contributed by atoms with E-state index in [-0.39, 0.29) is 23.4 Å². The molecule has 4 N–H and O–H groups in total. The Bertz CT molecular complexity index is 560. The third kappa shape index (κ3) is 8.48. The molecule has 0 bridgehead atoms. The number of carbonyl (C=O) groups is 2. The van der Waals surface area contributed by atoms with Crippen LogP contribution in [0.25, 0.3) is 0 Å². The zero-order valence-corrected chi connectivity index (χ0v) is 15.0. The van der Waals surface area contributed by atoms with Gasteiger partial charge < -0.3 is 16.4 Å². The Morgan fingerprint density at radius 1 is 1.21 bits per heavy atom. The standard InChI is InChI=1S/C19H29N3O2/c1-14(20)18(24)21-16(11-10-15-8-6-5-7-9-15)12-13-17(23)22-19(2,3)4/h5-9,12-14,16H,10-11,20H2,1-4H3,(H,21,24)(H,22,23)/b13-12+/t14-,16-/m0/s1. The number of rotatable bonds is 7. The minimum atomic E-state index is -0.582. The van der Waals surface area contributed by atoms with Gasteiger partial charge in [0.25, 0.3) is 0 Å². The molecule has 0 spiro atoms. The first kappa shape index (κ1) is 19.9. The van der Waals surface area contributed by atoms with Crippen LogP contribution in [0.15, 0.2) is 42.5 Å². The highest BCUT2D eigenvalue weighted by Crippen LogP contribution is 2.07. The Kier molecular flexibility index (Phi) is 7.65. The highest BCUT2D eigenvalue weighted by atomic mass is 16.2. The highest BCUT2D eigenvalue weighted by Gasteiger charge is 2.15. The van der Waals surface area contributed by atoms with Crippen molar-refractivity contribution in [2.75, 3.05) is 0 Å². The van der Waals surface area contributed by atoms with Crippen LogP contribution >= 0.6 is 0 Å². The Balaban J connectivity index is 2.70. The normalized spacial score (nSPS) is 14.2. The van der Waals surface area contributed by atoms with Crippen molar-refractivity contribution in [1.29, 1.82) is 0 Å². The summed E-state index contributed by atoms with van der Waals surface area (Å²) in [5.41, 5.74) is 6.50. The fraction of sp³-hybridized carbons (Fsp3) is 0.474. The summed E-state index contributed by atoms with van der Waals surface area (Å²) >= 11 is 0. The zero-order valence-electron chi connectivity index (χ0n) is 15.0. The van der Waals surface area contributed by atoms with E-state index in [4.69, 9.17) is 5.73 Å². The quantitative estimate of drug-likeness (QED) is 0.667. The van der Waals surface area contributed by atoms with Crippen LogP contribution in [0.3, 0.4) is 0 Å². The molecule has 24 heavy (non-hydrogen) atoms.